The molecular weight excluding hydrogens is 502 g/mol. The summed E-state index contributed by atoms with van der Waals surface area (Å²) in [6.07, 6.45) is 0. The molecule has 0 radical (unpaired) electrons. The van der Waals surface area contributed by atoms with Crippen LogP contribution in [0.15, 0.2) is 88.2 Å². The molecule has 200 valence electrons. The van der Waals surface area contributed by atoms with Gasteiger partial charge in [-0.1, -0.05) is 56.3 Å². The molecule has 1 heterocycles. The van der Waals surface area contributed by atoms with Crippen LogP contribution in [0.3, 0.4) is 0 Å². The Morgan fingerprint density at radius 2 is 1.53 bits per heavy atom. The van der Waals surface area contributed by atoms with Crippen molar-refractivity contribution in [3.8, 4) is 16.9 Å². The van der Waals surface area contributed by atoms with E-state index in [0.717, 1.165) is 27.9 Å². The quantitative estimate of drug-likeness (QED) is 0.252. The molecule has 1 atom stereocenters. The molecule has 4 aromatic rings. The Hall–Kier alpha value is -3.62. The molecule has 1 aromatic heterocycles. The van der Waals surface area contributed by atoms with Gasteiger partial charge in [0.1, 0.15) is 35.3 Å². The van der Waals surface area contributed by atoms with Crippen molar-refractivity contribution < 1.29 is 27.1 Å². The van der Waals surface area contributed by atoms with E-state index in [2.05, 4.69) is 4.72 Å². The van der Waals surface area contributed by atoms with Gasteiger partial charge in [0.25, 0.3) is 0 Å². The molecule has 0 saturated heterocycles. The van der Waals surface area contributed by atoms with Gasteiger partial charge in [0.2, 0.25) is 10.0 Å². The second-order valence-corrected chi connectivity index (χ2v) is 12.2. The van der Waals surface area contributed by atoms with Gasteiger partial charge < -0.3 is 13.9 Å². The molecule has 1 N–H and O–H groups in total. The number of benzene rings is 3. The maximum Gasteiger partial charge on any atom is 0.324 e. The van der Waals surface area contributed by atoms with Gasteiger partial charge in [-0.25, -0.2) is 8.42 Å². The number of rotatable bonds is 9. The van der Waals surface area contributed by atoms with E-state index in [0.29, 0.717) is 12.4 Å². The van der Waals surface area contributed by atoms with Crippen molar-refractivity contribution in [2.45, 2.75) is 57.8 Å². The van der Waals surface area contributed by atoms with Crippen LogP contribution in [0.2, 0.25) is 0 Å². The number of nitrogens with one attached hydrogen (secondary N) is 1. The summed E-state index contributed by atoms with van der Waals surface area (Å²) in [7, 11) is -3.93. The van der Waals surface area contributed by atoms with E-state index in [9.17, 15) is 13.2 Å². The molecule has 0 fully saturated rings. The van der Waals surface area contributed by atoms with Crippen LogP contribution in [0.5, 0.6) is 5.75 Å². The third kappa shape index (κ3) is 6.82. The molecule has 0 saturated carbocycles. The highest BCUT2D eigenvalue weighted by molar-refractivity contribution is 7.89. The van der Waals surface area contributed by atoms with Crippen molar-refractivity contribution in [2.75, 3.05) is 0 Å². The van der Waals surface area contributed by atoms with Crippen molar-refractivity contribution in [1.29, 1.82) is 0 Å². The Balaban J connectivity index is 1.41. The van der Waals surface area contributed by atoms with E-state index in [-0.39, 0.29) is 10.8 Å². The normalized spacial score (nSPS) is 13.0. The molecule has 3 aromatic carbocycles. The molecule has 38 heavy (non-hydrogen) atoms. The zero-order valence-electron chi connectivity index (χ0n) is 22.2. The van der Waals surface area contributed by atoms with Crippen LogP contribution in [-0.2, 0) is 26.2 Å². The minimum Gasteiger partial charge on any atom is -0.486 e. The van der Waals surface area contributed by atoms with Crippen molar-refractivity contribution in [3.05, 3.63) is 84.6 Å². The maximum absolute atomic E-state index is 13.0. The maximum atomic E-state index is 13.0. The van der Waals surface area contributed by atoms with Gasteiger partial charge >= 0.3 is 5.97 Å². The molecule has 0 bridgehead atoms. The van der Waals surface area contributed by atoms with Gasteiger partial charge in [0, 0.05) is 5.39 Å². The van der Waals surface area contributed by atoms with Gasteiger partial charge in [-0.05, 0) is 74.2 Å². The molecule has 4 rings (SSSR count). The minimum atomic E-state index is -3.93. The van der Waals surface area contributed by atoms with Crippen LogP contribution in [0.1, 0.15) is 40.4 Å². The van der Waals surface area contributed by atoms with E-state index in [1.807, 2.05) is 54.6 Å². The average molecular weight is 536 g/mol. The van der Waals surface area contributed by atoms with Gasteiger partial charge in [-0.3, -0.25) is 4.79 Å². The number of para-hydroxylation sites is 1. The molecule has 0 amide bonds. The van der Waals surface area contributed by atoms with E-state index in [4.69, 9.17) is 13.9 Å². The van der Waals surface area contributed by atoms with Gasteiger partial charge in [-0.2, -0.15) is 4.72 Å². The second-order valence-electron chi connectivity index (χ2n) is 10.5. The summed E-state index contributed by atoms with van der Waals surface area (Å²) in [5.74, 6) is 0.549. The Morgan fingerprint density at radius 1 is 0.921 bits per heavy atom. The van der Waals surface area contributed by atoms with E-state index in [1.54, 1.807) is 46.8 Å². The monoisotopic (exact) mass is 535 g/mol. The first-order chi connectivity index (χ1) is 17.9. The SMILES string of the molecule is CC(C)[C@@H](NS(=O)(=O)c1ccc(-c2ccc(OCc3cc4ccccc4o3)cc2)cc1)C(=O)OC(C)(C)C. The number of ether oxygens (including phenoxy) is 2. The molecule has 8 heteroatoms. The molecule has 7 nitrogen and oxygen atoms in total. The van der Waals surface area contributed by atoms with Crippen molar-refractivity contribution in [2.24, 2.45) is 5.92 Å². The number of sulfonamides is 1. The minimum absolute atomic E-state index is 0.0706. The first kappa shape index (κ1) is 27.4. The number of hydrogen-bond acceptors (Lipinski definition) is 6. The standard InChI is InChI=1S/C30H33NO6S/c1-20(2)28(29(32)37-30(3,4)5)31-38(33,34)26-16-12-22(13-17-26)21-10-14-24(15-11-21)35-19-25-18-23-8-6-7-9-27(23)36-25/h6-18,20,28,31H,19H2,1-5H3/t28-/m1/s1. The van der Waals surface area contributed by atoms with Crippen LogP contribution in [0.4, 0.5) is 0 Å². The van der Waals surface area contributed by atoms with Gasteiger partial charge in [-0.15, -0.1) is 0 Å². The predicted molar refractivity (Wildman–Crippen MR) is 147 cm³/mol. The Labute approximate surface area is 223 Å². The highest BCUT2D eigenvalue weighted by Gasteiger charge is 2.32. The van der Waals surface area contributed by atoms with E-state index < -0.39 is 27.6 Å². The zero-order chi connectivity index (χ0) is 27.5. The summed E-state index contributed by atoms with van der Waals surface area (Å²) in [4.78, 5) is 12.7. The highest BCUT2D eigenvalue weighted by atomic mass is 32.2. The third-order valence-corrected chi connectivity index (χ3v) is 7.28. The van der Waals surface area contributed by atoms with E-state index in [1.165, 1.54) is 12.1 Å². The van der Waals surface area contributed by atoms with Gasteiger partial charge in [0.15, 0.2) is 0 Å². The number of carbonyl (C=O) groups is 1. The fourth-order valence-electron chi connectivity index (χ4n) is 3.89. The Kier molecular flexibility index (Phi) is 7.94. The third-order valence-electron chi connectivity index (χ3n) is 5.82. The van der Waals surface area contributed by atoms with Crippen molar-refractivity contribution >= 4 is 27.0 Å². The van der Waals surface area contributed by atoms with Crippen molar-refractivity contribution in [1.82, 2.24) is 4.72 Å². The zero-order valence-corrected chi connectivity index (χ0v) is 23.0. The Morgan fingerprint density at radius 3 is 2.11 bits per heavy atom. The van der Waals surface area contributed by atoms with Crippen LogP contribution in [0, 0.1) is 5.92 Å². The first-order valence-electron chi connectivity index (χ1n) is 12.5. The van der Waals surface area contributed by atoms with Crippen LogP contribution < -0.4 is 9.46 Å². The molecule has 0 unspecified atom stereocenters. The molecular formula is C30H33NO6S. The highest BCUT2D eigenvalue weighted by Crippen LogP contribution is 2.26. The summed E-state index contributed by atoms with van der Waals surface area (Å²) < 4.78 is 45.6. The molecule has 0 aliphatic heterocycles. The summed E-state index contributed by atoms with van der Waals surface area (Å²) in [6, 6.07) is 22.8. The summed E-state index contributed by atoms with van der Waals surface area (Å²) in [5, 5.41) is 1.03. The number of fused-ring (bicyclic) bond motifs is 1. The number of carbonyl (C=O) groups excluding carboxylic acids is 1. The second kappa shape index (κ2) is 11.0. The summed E-state index contributed by atoms with van der Waals surface area (Å²) in [5.41, 5.74) is 1.87. The number of hydrogen-bond donors (Lipinski definition) is 1. The van der Waals surface area contributed by atoms with Crippen LogP contribution >= 0.6 is 0 Å². The molecule has 0 spiro atoms. The van der Waals surface area contributed by atoms with Crippen LogP contribution in [-0.4, -0.2) is 26.0 Å². The number of esters is 1. The average Bonchev–Trinajstić information content (AvgIpc) is 3.28. The van der Waals surface area contributed by atoms with Crippen LogP contribution in [0.25, 0.3) is 22.1 Å². The lowest BCUT2D eigenvalue weighted by molar-refractivity contribution is -0.158. The Bertz CT molecular complexity index is 1460. The predicted octanol–water partition coefficient (Wildman–Crippen LogP) is 6.32. The summed E-state index contributed by atoms with van der Waals surface area (Å²) >= 11 is 0. The fourth-order valence-corrected chi connectivity index (χ4v) is 5.22. The lowest BCUT2D eigenvalue weighted by Gasteiger charge is -2.26. The number of furan rings is 1. The lowest BCUT2D eigenvalue weighted by atomic mass is 10.1. The molecule has 0 aliphatic carbocycles. The summed E-state index contributed by atoms with van der Waals surface area (Å²) in [6.45, 7) is 9.08. The lowest BCUT2D eigenvalue weighted by Crippen LogP contribution is -2.47. The smallest absolute Gasteiger partial charge is 0.324 e. The largest absolute Gasteiger partial charge is 0.486 e. The molecule has 0 aliphatic rings. The van der Waals surface area contributed by atoms with Crippen molar-refractivity contribution in [3.63, 3.8) is 0 Å². The topological polar surface area (TPSA) is 94.8 Å². The first-order valence-corrected chi connectivity index (χ1v) is 14.0. The van der Waals surface area contributed by atoms with Gasteiger partial charge in [0.05, 0.1) is 4.90 Å². The fraction of sp³-hybridized carbons (Fsp3) is 0.300. The van der Waals surface area contributed by atoms with E-state index >= 15 is 0 Å².